The SMILES string of the molecule is CCn1c(NC(=O)CSc2nnc(-c3ccccc3)n2-c2ccccc2)nc2ccccc21. The minimum absolute atomic E-state index is 0.145. The quantitative estimate of drug-likeness (QED) is 0.349. The predicted octanol–water partition coefficient (Wildman–Crippen LogP) is 5.03. The van der Waals surface area contributed by atoms with Gasteiger partial charge in [0.05, 0.1) is 16.8 Å². The van der Waals surface area contributed by atoms with Crippen LogP contribution in [0.2, 0.25) is 0 Å². The third-order valence-corrected chi connectivity index (χ3v) is 6.16. The second-order valence-corrected chi connectivity index (χ2v) is 8.29. The summed E-state index contributed by atoms with van der Waals surface area (Å²) in [6.07, 6.45) is 0. The normalized spacial score (nSPS) is 11.1. The van der Waals surface area contributed by atoms with Gasteiger partial charge in [0.15, 0.2) is 11.0 Å². The number of rotatable bonds is 7. The molecule has 8 heteroatoms. The van der Waals surface area contributed by atoms with E-state index in [1.54, 1.807) is 0 Å². The fourth-order valence-corrected chi connectivity index (χ4v) is 4.48. The maximum atomic E-state index is 12.8. The Balaban J connectivity index is 1.39. The van der Waals surface area contributed by atoms with Crippen LogP contribution in [0.15, 0.2) is 90.1 Å². The number of thioether (sulfide) groups is 1. The molecule has 0 fully saturated rings. The van der Waals surface area contributed by atoms with Gasteiger partial charge in [0.1, 0.15) is 0 Å². The predicted molar refractivity (Wildman–Crippen MR) is 132 cm³/mol. The van der Waals surface area contributed by atoms with Gasteiger partial charge in [-0.15, -0.1) is 10.2 Å². The van der Waals surface area contributed by atoms with Gasteiger partial charge < -0.3 is 4.57 Å². The van der Waals surface area contributed by atoms with Crippen LogP contribution in [0, 0.1) is 0 Å². The molecule has 2 heterocycles. The molecule has 2 aromatic heterocycles. The summed E-state index contributed by atoms with van der Waals surface area (Å²) in [5, 5.41) is 12.4. The van der Waals surface area contributed by atoms with Crippen molar-refractivity contribution in [2.75, 3.05) is 11.1 Å². The number of nitrogens with one attached hydrogen (secondary N) is 1. The van der Waals surface area contributed by atoms with Crippen molar-refractivity contribution in [3.05, 3.63) is 84.9 Å². The van der Waals surface area contributed by atoms with Gasteiger partial charge in [0, 0.05) is 17.8 Å². The Morgan fingerprint density at radius 2 is 1.61 bits per heavy atom. The number of imidazole rings is 1. The van der Waals surface area contributed by atoms with Crippen molar-refractivity contribution >= 4 is 34.7 Å². The van der Waals surface area contributed by atoms with Crippen LogP contribution >= 0.6 is 11.8 Å². The maximum Gasteiger partial charge on any atom is 0.237 e. The Morgan fingerprint density at radius 1 is 0.909 bits per heavy atom. The van der Waals surface area contributed by atoms with E-state index in [2.05, 4.69) is 20.5 Å². The van der Waals surface area contributed by atoms with Crippen molar-refractivity contribution < 1.29 is 4.79 Å². The van der Waals surface area contributed by atoms with Crippen molar-refractivity contribution in [2.45, 2.75) is 18.6 Å². The van der Waals surface area contributed by atoms with Gasteiger partial charge in [-0.1, -0.05) is 72.4 Å². The van der Waals surface area contributed by atoms with Crippen molar-refractivity contribution in [2.24, 2.45) is 0 Å². The Hall–Kier alpha value is -3.91. The molecule has 0 saturated carbocycles. The first-order chi connectivity index (χ1) is 16.2. The molecule has 0 saturated heterocycles. The zero-order valence-corrected chi connectivity index (χ0v) is 18.9. The number of aromatic nitrogens is 5. The monoisotopic (exact) mass is 454 g/mol. The second-order valence-electron chi connectivity index (χ2n) is 7.35. The molecule has 33 heavy (non-hydrogen) atoms. The number of aryl methyl sites for hydroxylation is 1. The highest BCUT2D eigenvalue weighted by molar-refractivity contribution is 7.99. The summed E-state index contributed by atoms with van der Waals surface area (Å²) in [5.41, 5.74) is 3.76. The molecule has 1 N–H and O–H groups in total. The van der Waals surface area contributed by atoms with E-state index in [-0.39, 0.29) is 11.7 Å². The molecule has 5 rings (SSSR count). The van der Waals surface area contributed by atoms with Gasteiger partial charge in [-0.05, 0) is 31.2 Å². The van der Waals surface area contributed by atoms with Crippen LogP contribution in [0.3, 0.4) is 0 Å². The first-order valence-electron chi connectivity index (χ1n) is 10.7. The highest BCUT2D eigenvalue weighted by Crippen LogP contribution is 2.28. The largest absolute Gasteiger partial charge is 0.310 e. The van der Waals surface area contributed by atoms with Gasteiger partial charge in [0.25, 0.3) is 0 Å². The first-order valence-corrected chi connectivity index (χ1v) is 11.7. The molecule has 0 atom stereocenters. The molecule has 0 unspecified atom stereocenters. The zero-order chi connectivity index (χ0) is 22.6. The number of carbonyl (C=O) groups excluding carboxylic acids is 1. The van der Waals surface area contributed by atoms with E-state index in [1.807, 2.05) is 101 Å². The number of hydrogen-bond donors (Lipinski definition) is 1. The minimum Gasteiger partial charge on any atom is -0.310 e. The summed E-state index contributed by atoms with van der Waals surface area (Å²) in [6.45, 7) is 2.75. The van der Waals surface area contributed by atoms with E-state index in [1.165, 1.54) is 11.8 Å². The summed E-state index contributed by atoms with van der Waals surface area (Å²) >= 11 is 1.35. The lowest BCUT2D eigenvalue weighted by Gasteiger charge is -2.10. The summed E-state index contributed by atoms with van der Waals surface area (Å²) in [4.78, 5) is 17.4. The molecule has 7 nitrogen and oxygen atoms in total. The lowest BCUT2D eigenvalue weighted by atomic mass is 10.2. The number of benzene rings is 3. The summed E-state index contributed by atoms with van der Waals surface area (Å²) in [7, 11) is 0. The number of carbonyl (C=O) groups is 1. The number of hydrogen-bond acceptors (Lipinski definition) is 5. The lowest BCUT2D eigenvalue weighted by molar-refractivity contribution is -0.113. The van der Waals surface area contributed by atoms with Crippen molar-refractivity contribution in [1.82, 2.24) is 24.3 Å². The van der Waals surface area contributed by atoms with E-state index in [0.29, 0.717) is 17.6 Å². The average Bonchev–Trinajstić information content (AvgIpc) is 3.44. The number of nitrogens with zero attached hydrogens (tertiary/aromatic N) is 5. The van der Waals surface area contributed by atoms with Crippen LogP contribution < -0.4 is 5.32 Å². The molecular weight excluding hydrogens is 432 g/mol. The number of anilines is 1. The zero-order valence-electron chi connectivity index (χ0n) is 18.0. The number of para-hydroxylation sites is 3. The minimum atomic E-state index is -0.145. The van der Waals surface area contributed by atoms with Crippen LogP contribution in [0.1, 0.15) is 6.92 Å². The molecule has 5 aromatic rings. The third kappa shape index (κ3) is 4.25. The Kier molecular flexibility index (Phi) is 5.91. The van der Waals surface area contributed by atoms with Crippen LogP contribution in [-0.2, 0) is 11.3 Å². The fourth-order valence-electron chi connectivity index (χ4n) is 3.73. The molecule has 0 aliphatic carbocycles. The molecule has 0 aliphatic heterocycles. The number of amides is 1. The molecule has 0 bridgehead atoms. The van der Waals surface area contributed by atoms with E-state index in [0.717, 1.165) is 28.1 Å². The lowest BCUT2D eigenvalue weighted by Crippen LogP contribution is -2.18. The molecule has 3 aromatic carbocycles. The maximum absolute atomic E-state index is 12.8. The van der Waals surface area contributed by atoms with Gasteiger partial charge in [-0.25, -0.2) is 4.98 Å². The molecule has 164 valence electrons. The average molecular weight is 455 g/mol. The highest BCUT2D eigenvalue weighted by Gasteiger charge is 2.18. The van der Waals surface area contributed by atoms with Crippen molar-refractivity contribution in [3.8, 4) is 17.1 Å². The first kappa shape index (κ1) is 21.0. The van der Waals surface area contributed by atoms with Crippen LogP contribution in [0.4, 0.5) is 5.95 Å². The van der Waals surface area contributed by atoms with E-state index >= 15 is 0 Å². The van der Waals surface area contributed by atoms with Crippen molar-refractivity contribution in [3.63, 3.8) is 0 Å². The second kappa shape index (κ2) is 9.30. The molecule has 1 amide bonds. The van der Waals surface area contributed by atoms with Crippen molar-refractivity contribution in [1.29, 1.82) is 0 Å². The van der Waals surface area contributed by atoms with Crippen LogP contribution in [0.25, 0.3) is 28.1 Å². The molecule has 0 spiro atoms. The topological polar surface area (TPSA) is 77.6 Å². The summed E-state index contributed by atoms with van der Waals surface area (Å²) < 4.78 is 3.98. The van der Waals surface area contributed by atoms with E-state index in [4.69, 9.17) is 0 Å². The Bertz CT molecular complexity index is 1390. The highest BCUT2D eigenvalue weighted by atomic mass is 32.2. The third-order valence-electron chi connectivity index (χ3n) is 5.23. The smallest absolute Gasteiger partial charge is 0.237 e. The van der Waals surface area contributed by atoms with Gasteiger partial charge in [-0.3, -0.25) is 14.7 Å². The number of fused-ring (bicyclic) bond motifs is 1. The molecular formula is C25H22N6OS. The Labute approximate surface area is 195 Å². The summed E-state index contributed by atoms with van der Waals surface area (Å²) in [5.74, 6) is 1.33. The van der Waals surface area contributed by atoms with Gasteiger partial charge >= 0.3 is 0 Å². The van der Waals surface area contributed by atoms with Crippen LogP contribution in [-0.4, -0.2) is 36.0 Å². The molecule has 0 radical (unpaired) electrons. The van der Waals surface area contributed by atoms with E-state index in [9.17, 15) is 4.79 Å². The fraction of sp³-hybridized carbons (Fsp3) is 0.120. The van der Waals surface area contributed by atoms with E-state index < -0.39 is 0 Å². The standard InChI is InChI=1S/C25H22N6OS/c1-2-30-21-16-10-9-15-20(21)26-24(30)27-22(32)17-33-25-29-28-23(18-11-5-3-6-12-18)31(25)19-13-7-4-8-14-19/h3-16H,2,17H2,1H3,(H,26,27,32). The van der Waals surface area contributed by atoms with Gasteiger partial charge in [-0.2, -0.15) is 0 Å². The summed E-state index contributed by atoms with van der Waals surface area (Å²) in [6, 6.07) is 27.7. The molecule has 0 aliphatic rings. The van der Waals surface area contributed by atoms with Gasteiger partial charge in [0.2, 0.25) is 11.9 Å². The Morgan fingerprint density at radius 3 is 2.36 bits per heavy atom. The van der Waals surface area contributed by atoms with Crippen LogP contribution in [0.5, 0.6) is 0 Å².